The van der Waals surface area contributed by atoms with Crippen molar-refractivity contribution in [2.45, 2.75) is 0 Å². The molecule has 12 aromatic rings. The average molecular weight is 785 g/mol. The van der Waals surface area contributed by atoms with E-state index in [0.29, 0.717) is 0 Å². The van der Waals surface area contributed by atoms with Gasteiger partial charge in [0.1, 0.15) is 0 Å². The first-order valence-corrected chi connectivity index (χ1v) is 21.5. The van der Waals surface area contributed by atoms with Crippen LogP contribution in [0.4, 0.5) is 0 Å². The molecule has 0 aliphatic heterocycles. The lowest BCUT2D eigenvalue weighted by Gasteiger charge is -2.23. The standard InChI is InChI=1S/C62H40/c1-3-17-41(18-4-1)45-25-15-27-49(37-45)59-51-29-11-9-21-43(51)33-35-55(59)61-53-31-13-14-32-54(53)62(58-40-48-24-8-7-23-47(48)39-57(58)61)56-36-34-44-22-10-12-30-52(44)60(56)50-28-16-26-46(38-50)42-19-5-2-6-20-42/h1-40H. The SMILES string of the molecule is c1ccc(-c2cccc(-c3c(-c4c5ccccc5c(-c5ccc6ccccc6c5-c5cccc(-c6ccccc6)c5)c5cc6ccccc6cc45)ccc4ccccc34)c2)cc1. The van der Waals surface area contributed by atoms with Gasteiger partial charge >= 0.3 is 0 Å². The summed E-state index contributed by atoms with van der Waals surface area (Å²) in [6.07, 6.45) is 0. The van der Waals surface area contributed by atoms with E-state index < -0.39 is 0 Å². The first-order chi connectivity index (χ1) is 30.8. The van der Waals surface area contributed by atoms with Gasteiger partial charge in [-0.2, -0.15) is 0 Å². The molecule has 0 radical (unpaired) electrons. The summed E-state index contributed by atoms with van der Waals surface area (Å²) in [4.78, 5) is 0. The predicted octanol–water partition coefficient (Wildman–Crippen LogP) is 17.5. The van der Waals surface area contributed by atoms with Crippen molar-refractivity contribution in [3.8, 4) is 66.8 Å². The van der Waals surface area contributed by atoms with Crippen molar-refractivity contribution in [1.29, 1.82) is 0 Å². The summed E-state index contributed by atoms with van der Waals surface area (Å²) in [7, 11) is 0. The summed E-state index contributed by atoms with van der Waals surface area (Å²) in [6.45, 7) is 0. The van der Waals surface area contributed by atoms with E-state index in [1.54, 1.807) is 0 Å². The van der Waals surface area contributed by atoms with Crippen LogP contribution in [0.1, 0.15) is 0 Å². The first kappa shape index (κ1) is 35.8. The van der Waals surface area contributed by atoms with Crippen LogP contribution in [0.15, 0.2) is 243 Å². The van der Waals surface area contributed by atoms with Crippen molar-refractivity contribution >= 4 is 53.9 Å². The fourth-order valence-corrected chi connectivity index (χ4v) is 10.00. The minimum Gasteiger partial charge on any atom is -0.0622 e. The minimum atomic E-state index is 1.20. The maximum atomic E-state index is 2.45. The summed E-state index contributed by atoms with van der Waals surface area (Å²) < 4.78 is 0. The largest absolute Gasteiger partial charge is 0.0622 e. The van der Waals surface area contributed by atoms with Crippen molar-refractivity contribution in [2.75, 3.05) is 0 Å². The van der Waals surface area contributed by atoms with E-state index in [1.807, 2.05) is 0 Å². The van der Waals surface area contributed by atoms with Crippen LogP contribution in [0, 0.1) is 0 Å². The molecule has 0 heteroatoms. The number of hydrogen-bond donors (Lipinski definition) is 0. The molecule has 0 saturated heterocycles. The van der Waals surface area contributed by atoms with E-state index in [2.05, 4.69) is 243 Å². The van der Waals surface area contributed by atoms with Gasteiger partial charge in [-0.15, -0.1) is 0 Å². The second-order valence-electron chi connectivity index (χ2n) is 16.4. The zero-order valence-corrected chi connectivity index (χ0v) is 34.1. The highest BCUT2D eigenvalue weighted by Gasteiger charge is 2.24. The fraction of sp³-hybridized carbons (Fsp3) is 0. The van der Waals surface area contributed by atoms with Gasteiger partial charge in [0.2, 0.25) is 0 Å². The maximum Gasteiger partial charge on any atom is -0.00197 e. The third-order valence-corrected chi connectivity index (χ3v) is 12.8. The molecule has 0 nitrogen and oxygen atoms in total. The Morgan fingerprint density at radius 1 is 0.161 bits per heavy atom. The normalized spacial score (nSPS) is 11.5. The molecular weight excluding hydrogens is 745 g/mol. The summed E-state index contributed by atoms with van der Waals surface area (Å²) >= 11 is 0. The molecule has 0 spiro atoms. The van der Waals surface area contributed by atoms with E-state index in [4.69, 9.17) is 0 Å². The highest BCUT2D eigenvalue weighted by molar-refractivity contribution is 6.27. The number of hydrogen-bond acceptors (Lipinski definition) is 0. The molecule has 0 unspecified atom stereocenters. The third-order valence-electron chi connectivity index (χ3n) is 12.8. The van der Waals surface area contributed by atoms with Gasteiger partial charge in [0.15, 0.2) is 0 Å². The maximum absolute atomic E-state index is 2.45. The second-order valence-corrected chi connectivity index (χ2v) is 16.4. The molecule has 62 heavy (non-hydrogen) atoms. The zero-order chi connectivity index (χ0) is 41.0. The molecule has 0 aliphatic rings. The van der Waals surface area contributed by atoms with E-state index in [0.717, 1.165) is 0 Å². The molecule has 12 rings (SSSR count). The summed E-state index contributed by atoms with van der Waals surface area (Å²) in [6, 6.07) is 89.6. The predicted molar refractivity (Wildman–Crippen MR) is 267 cm³/mol. The van der Waals surface area contributed by atoms with E-state index in [-0.39, 0.29) is 0 Å². The second kappa shape index (κ2) is 14.9. The lowest BCUT2D eigenvalue weighted by atomic mass is 9.80. The van der Waals surface area contributed by atoms with Gasteiger partial charge in [-0.3, -0.25) is 0 Å². The van der Waals surface area contributed by atoms with Crippen LogP contribution < -0.4 is 0 Å². The molecule has 0 aromatic heterocycles. The smallest absolute Gasteiger partial charge is 0.00197 e. The van der Waals surface area contributed by atoms with Crippen molar-refractivity contribution in [3.05, 3.63) is 243 Å². The van der Waals surface area contributed by atoms with Gasteiger partial charge in [0.05, 0.1) is 0 Å². The Labute approximate surface area is 361 Å². The average Bonchev–Trinajstić information content (AvgIpc) is 3.35. The topological polar surface area (TPSA) is 0 Å². The molecule has 0 amide bonds. The van der Waals surface area contributed by atoms with Gasteiger partial charge in [-0.1, -0.05) is 218 Å². The monoisotopic (exact) mass is 784 g/mol. The van der Waals surface area contributed by atoms with Crippen molar-refractivity contribution in [3.63, 3.8) is 0 Å². The van der Waals surface area contributed by atoms with Crippen LogP contribution in [-0.4, -0.2) is 0 Å². The quantitative estimate of drug-likeness (QED) is 0.147. The van der Waals surface area contributed by atoms with Crippen LogP contribution in [0.3, 0.4) is 0 Å². The van der Waals surface area contributed by atoms with Crippen LogP contribution in [0.5, 0.6) is 0 Å². The Kier molecular flexibility index (Phi) is 8.61. The first-order valence-electron chi connectivity index (χ1n) is 21.5. The van der Waals surface area contributed by atoms with Gasteiger partial charge < -0.3 is 0 Å². The molecule has 0 saturated carbocycles. The summed E-state index contributed by atoms with van der Waals surface area (Å²) in [5.74, 6) is 0. The van der Waals surface area contributed by atoms with Crippen LogP contribution in [-0.2, 0) is 0 Å². The molecule has 0 N–H and O–H groups in total. The molecule has 288 valence electrons. The van der Waals surface area contributed by atoms with E-state index in [1.165, 1.54) is 121 Å². The molecule has 0 aliphatic carbocycles. The van der Waals surface area contributed by atoms with Crippen molar-refractivity contribution in [1.82, 2.24) is 0 Å². The Morgan fingerprint density at radius 3 is 0.935 bits per heavy atom. The summed E-state index contributed by atoms with van der Waals surface area (Å²) in [5, 5.41) is 12.3. The number of rotatable bonds is 6. The van der Waals surface area contributed by atoms with E-state index >= 15 is 0 Å². The lowest BCUT2D eigenvalue weighted by molar-refractivity contribution is 1.59. The molecule has 0 fully saturated rings. The Balaban J connectivity index is 1.21. The van der Waals surface area contributed by atoms with Crippen LogP contribution >= 0.6 is 0 Å². The molecular formula is C62H40. The van der Waals surface area contributed by atoms with Gasteiger partial charge in [0.25, 0.3) is 0 Å². The van der Waals surface area contributed by atoms with Crippen LogP contribution in [0.25, 0.3) is 121 Å². The lowest BCUT2D eigenvalue weighted by Crippen LogP contribution is -1.96. The van der Waals surface area contributed by atoms with Gasteiger partial charge in [-0.25, -0.2) is 0 Å². The van der Waals surface area contributed by atoms with Crippen molar-refractivity contribution in [2.24, 2.45) is 0 Å². The zero-order valence-electron chi connectivity index (χ0n) is 34.1. The Morgan fingerprint density at radius 2 is 0.500 bits per heavy atom. The van der Waals surface area contributed by atoms with Gasteiger partial charge in [-0.05, 0) is 145 Å². The molecule has 0 bridgehead atoms. The number of benzene rings is 12. The summed E-state index contributed by atoms with van der Waals surface area (Å²) in [5.41, 5.74) is 14.7. The molecule has 0 atom stereocenters. The Bertz CT molecular complexity index is 3430. The minimum absolute atomic E-state index is 1.20. The van der Waals surface area contributed by atoms with Gasteiger partial charge in [0, 0.05) is 0 Å². The number of fused-ring (bicyclic) bond motifs is 5. The Hall–Kier alpha value is -8.06. The van der Waals surface area contributed by atoms with Crippen LogP contribution in [0.2, 0.25) is 0 Å². The van der Waals surface area contributed by atoms with Crippen molar-refractivity contribution < 1.29 is 0 Å². The highest BCUT2D eigenvalue weighted by Crippen LogP contribution is 2.51. The van der Waals surface area contributed by atoms with E-state index in [9.17, 15) is 0 Å². The fourth-order valence-electron chi connectivity index (χ4n) is 10.00. The molecule has 0 heterocycles. The highest BCUT2D eigenvalue weighted by atomic mass is 14.3. The molecule has 12 aromatic carbocycles. The third kappa shape index (κ3) is 5.99.